The maximum absolute atomic E-state index is 13.2. The van der Waals surface area contributed by atoms with Crippen molar-refractivity contribution in [1.82, 2.24) is 4.90 Å². The lowest BCUT2D eigenvalue weighted by atomic mass is 10.1. The third kappa shape index (κ3) is 9.68. The molecule has 1 aromatic rings. The molecule has 1 aromatic carbocycles. The van der Waals surface area contributed by atoms with E-state index < -0.39 is 0 Å². The fourth-order valence-corrected chi connectivity index (χ4v) is 4.87. The zero-order valence-electron chi connectivity index (χ0n) is 22.2. The second-order valence-electron chi connectivity index (χ2n) is 9.74. The zero-order chi connectivity index (χ0) is 24.6. The smallest absolute Gasteiger partial charge is 0.256 e. The van der Waals surface area contributed by atoms with Crippen molar-refractivity contribution in [1.29, 1.82) is 0 Å². The van der Waals surface area contributed by atoms with Gasteiger partial charge in [-0.1, -0.05) is 71.1 Å². The first-order chi connectivity index (χ1) is 16.6. The standard InChI is InChI=1S/C29H49N3O2/c1-4-7-8-9-10-11-12-13-14-15-16-19-28(33)30-25-20-21-27(32-22-17-18-23-32)26(24-25)29(34)31(5-2)6-3/h20-21,24H,4-19,22-23H2,1-3H3,(H,30,33). The first-order valence-electron chi connectivity index (χ1n) is 14.1. The van der Waals surface area contributed by atoms with E-state index in [0.29, 0.717) is 25.1 Å². The van der Waals surface area contributed by atoms with Crippen LogP contribution in [0.2, 0.25) is 0 Å². The summed E-state index contributed by atoms with van der Waals surface area (Å²) in [6.07, 6.45) is 16.9. The number of benzene rings is 1. The van der Waals surface area contributed by atoms with Gasteiger partial charge in [-0.15, -0.1) is 0 Å². The van der Waals surface area contributed by atoms with Crippen molar-refractivity contribution in [2.75, 3.05) is 36.4 Å². The maximum atomic E-state index is 13.2. The molecule has 0 unspecified atom stereocenters. The predicted octanol–water partition coefficient (Wildman–Crippen LogP) is 7.41. The van der Waals surface area contributed by atoms with Crippen LogP contribution in [0.3, 0.4) is 0 Å². The topological polar surface area (TPSA) is 52.7 Å². The van der Waals surface area contributed by atoms with Crippen molar-refractivity contribution in [2.45, 2.75) is 111 Å². The summed E-state index contributed by atoms with van der Waals surface area (Å²) in [5.74, 6) is 0.0967. The van der Waals surface area contributed by atoms with E-state index in [9.17, 15) is 9.59 Å². The molecule has 5 nitrogen and oxygen atoms in total. The van der Waals surface area contributed by atoms with Crippen LogP contribution in [0.15, 0.2) is 18.2 Å². The van der Waals surface area contributed by atoms with Gasteiger partial charge >= 0.3 is 0 Å². The molecular weight excluding hydrogens is 422 g/mol. The Hall–Kier alpha value is -2.04. The van der Waals surface area contributed by atoms with Gasteiger partial charge in [-0.25, -0.2) is 0 Å². The molecule has 1 aliphatic heterocycles. The van der Waals surface area contributed by atoms with Crippen LogP contribution in [0, 0.1) is 0 Å². The molecule has 1 fully saturated rings. The van der Waals surface area contributed by atoms with Gasteiger partial charge in [0.2, 0.25) is 5.91 Å². The number of hydrogen-bond acceptors (Lipinski definition) is 3. The van der Waals surface area contributed by atoms with Gasteiger partial charge in [0.1, 0.15) is 0 Å². The average Bonchev–Trinajstić information content (AvgIpc) is 3.38. The lowest BCUT2D eigenvalue weighted by molar-refractivity contribution is -0.116. The van der Waals surface area contributed by atoms with Gasteiger partial charge in [-0.3, -0.25) is 9.59 Å². The molecule has 34 heavy (non-hydrogen) atoms. The van der Waals surface area contributed by atoms with Gasteiger partial charge in [0.15, 0.2) is 0 Å². The monoisotopic (exact) mass is 471 g/mol. The van der Waals surface area contributed by atoms with Gasteiger partial charge in [0.05, 0.1) is 5.56 Å². The molecule has 2 rings (SSSR count). The van der Waals surface area contributed by atoms with E-state index in [4.69, 9.17) is 0 Å². The third-order valence-corrected chi connectivity index (χ3v) is 7.02. The number of hydrogen-bond donors (Lipinski definition) is 1. The molecular formula is C29H49N3O2. The van der Waals surface area contributed by atoms with Gasteiger partial charge in [-0.2, -0.15) is 0 Å². The molecule has 2 amide bonds. The van der Waals surface area contributed by atoms with Crippen molar-refractivity contribution in [3.05, 3.63) is 23.8 Å². The molecule has 5 heteroatoms. The molecule has 0 bridgehead atoms. The molecule has 0 aromatic heterocycles. The zero-order valence-corrected chi connectivity index (χ0v) is 22.2. The van der Waals surface area contributed by atoms with Crippen LogP contribution in [0.4, 0.5) is 11.4 Å². The van der Waals surface area contributed by atoms with Crippen LogP contribution >= 0.6 is 0 Å². The largest absolute Gasteiger partial charge is 0.371 e. The number of carbonyl (C=O) groups excluding carboxylic acids is 2. The van der Waals surface area contributed by atoms with Gasteiger partial charge in [0.25, 0.3) is 5.91 Å². The Balaban J connectivity index is 1.78. The van der Waals surface area contributed by atoms with E-state index in [0.717, 1.165) is 50.1 Å². The molecule has 1 heterocycles. The van der Waals surface area contributed by atoms with Crippen LogP contribution in [0.25, 0.3) is 0 Å². The number of rotatable bonds is 17. The molecule has 0 spiro atoms. The maximum Gasteiger partial charge on any atom is 0.256 e. The van der Waals surface area contributed by atoms with Gasteiger partial charge < -0.3 is 15.1 Å². The normalized spacial score (nSPS) is 13.3. The van der Waals surface area contributed by atoms with Crippen LogP contribution in [-0.4, -0.2) is 42.9 Å². The molecule has 1 aliphatic rings. The molecule has 192 valence electrons. The Morgan fingerprint density at radius 2 is 1.38 bits per heavy atom. The minimum atomic E-state index is 0.0473. The van der Waals surface area contributed by atoms with Crippen molar-refractivity contribution < 1.29 is 9.59 Å². The number of carbonyl (C=O) groups is 2. The van der Waals surface area contributed by atoms with E-state index in [-0.39, 0.29) is 11.8 Å². The van der Waals surface area contributed by atoms with Crippen LogP contribution in [0.5, 0.6) is 0 Å². The predicted molar refractivity (Wildman–Crippen MR) is 145 cm³/mol. The van der Waals surface area contributed by atoms with Crippen LogP contribution in [0.1, 0.15) is 121 Å². The van der Waals surface area contributed by atoms with Crippen LogP contribution < -0.4 is 10.2 Å². The summed E-state index contributed by atoms with van der Waals surface area (Å²) in [6.45, 7) is 9.63. The van der Waals surface area contributed by atoms with Gasteiger partial charge in [-0.05, 0) is 51.3 Å². The molecule has 1 saturated heterocycles. The summed E-state index contributed by atoms with van der Waals surface area (Å²) in [4.78, 5) is 29.9. The first kappa shape index (κ1) is 28.2. The Kier molecular flexibility index (Phi) is 13.7. The Morgan fingerprint density at radius 1 is 0.824 bits per heavy atom. The lowest BCUT2D eigenvalue weighted by Gasteiger charge is -2.25. The fourth-order valence-electron chi connectivity index (χ4n) is 4.87. The molecule has 0 atom stereocenters. The second kappa shape index (κ2) is 16.6. The quantitative estimate of drug-likeness (QED) is 0.241. The second-order valence-corrected chi connectivity index (χ2v) is 9.74. The highest BCUT2D eigenvalue weighted by Gasteiger charge is 2.23. The molecule has 0 radical (unpaired) electrons. The highest BCUT2D eigenvalue weighted by molar-refractivity contribution is 6.02. The Bertz CT molecular complexity index is 724. The average molecular weight is 472 g/mol. The molecule has 1 N–H and O–H groups in total. The minimum absolute atomic E-state index is 0.0473. The van der Waals surface area contributed by atoms with E-state index in [1.165, 1.54) is 57.8 Å². The number of anilines is 2. The van der Waals surface area contributed by atoms with E-state index in [1.807, 2.05) is 36.9 Å². The highest BCUT2D eigenvalue weighted by Crippen LogP contribution is 2.29. The molecule has 0 saturated carbocycles. The van der Waals surface area contributed by atoms with Crippen LogP contribution in [-0.2, 0) is 4.79 Å². The Labute approximate surface area is 208 Å². The van der Waals surface area contributed by atoms with E-state index >= 15 is 0 Å². The summed E-state index contributed by atoms with van der Waals surface area (Å²) in [6, 6.07) is 5.84. The van der Waals surface area contributed by atoms with Gasteiger partial charge in [0, 0.05) is 44.0 Å². The summed E-state index contributed by atoms with van der Waals surface area (Å²) in [5, 5.41) is 3.04. The van der Waals surface area contributed by atoms with E-state index in [2.05, 4.69) is 17.1 Å². The summed E-state index contributed by atoms with van der Waals surface area (Å²) in [5.41, 5.74) is 2.43. The van der Waals surface area contributed by atoms with Crippen molar-refractivity contribution in [3.8, 4) is 0 Å². The Morgan fingerprint density at radius 3 is 1.94 bits per heavy atom. The fraction of sp³-hybridized carbons (Fsp3) is 0.724. The number of nitrogens with zero attached hydrogens (tertiary/aromatic N) is 2. The third-order valence-electron chi connectivity index (χ3n) is 7.02. The van der Waals surface area contributed by atoms with E-state index in [1.54, 1.807) is 0 Å². The van der Waals surface area contributed by atoms with Crippen molar-refractivity contribution in [3.63, 3.8) is 0 Å². The number of nitrogens with one attached hydrogen (secondary N) is 1. The number of unbranched alkanes of at least 4 members (excludes halogenated alkanes) is 10. The van der Waals surface area contributed by atoms with Crippen molar-refractivity contribution >= 4 is 23.2 Å². The van der Waals surface area contributed by atoms with Crippen molar-refractivity contribution in [2.24, 2.45) is 0 Å². The highest BCUT2D eigenvalue weighted by atomic mass is 16.2. The SMILES string of the molecule is CCCCCCCCCCCCCC(=O)Nc1ccc(N2CCCC2)c(C(=O)N(CC)CC)c1. The number of amides is 2. The summed E-state index contributed by atoms with van der Waals surface area (Å²) in [7, 11) is 0. The summed E-state index contributed by atoms with van der Waals surface area (Å²) < 4.78 is 0. The minimum Gasteiger partial charge on any atom is -0.371 e. The first-order valence-corrected chi connectivity index (χ1v) is 14.1. The molecule has 0 aliphatic carbocycles. The lowest BCUT2D eigenvalue weighted by Crippen LogP contribution is -2.32. The summed E-state index contributed by atoms with van der Waals surface area (Å²) >= 11 is 0.